The number of methoxy groups -OCH3 is 1. The van der Waals surface area contributed by atoms with E-state index in [0.717, 1.165) is 11.6 Å². The van der Waals surface area contributed by atoms with Gasteiger partial charge in [-0.05, 0) is 16.3 Å². The molecule has 21 heavy (non-hydrogen) atoms. The monoisotopic (exact) mass is 298 g/mol. The third-order valence-electron chi connectivity index (χ3n) is 3.49. The van der Waals surface area contributed by atoms with Gasteiger partial charge in [-0.1, -0.05) is 42.5 Å². The van der Waals surface area contributed by atoms with Crippen molar-refractivity contribution in [2.75, 3.05) is 20.3 Å². The van der Waals surface area contributed by atoms with E-state index in [1.165, 1.54) is 16.3 Å². The van der Waals surface area contributed by atoms with Gasteiger partial charge in [0.05, 0.1) is 12.6 Å². The highest BCUT2D eigenvalue weighted by Crippen LogP contribution is 2.29. The molecule has 0 amide bonds. The van der Waals surface area contributed by atoms with Crippen molar-refractivity contribution in [1.82, 2.24) is 10.3 Å². The third-order valence-corrected chi connectivity index (χ3v) is 4.33. The van der Waals surface area contributed by atoms with E-state index in [2.05, 4.69) is 52.8 Å². The molecule has 3 rings (SSSR count). The van der Waals surface area contributed by atoms with E-state index in [-0.39, 0.29) is 6.04 Å². The number of nitrogens with one attached hydrogen (secondary N) is 1. The van der Waals surface area contributed by atoms with Crippen LogP contribution in [0.1, 0.15) is 16.6 Å². The Morgan fingerprint density at radius 1 is 1.19 bits per heavy atom. The van der Waals surface area contributed by atoms with Crippen molar-refractivity contribution in [2.24, 2.45) is 0 Å². The van der Waals surface area contributed by atoms with Crippen LogP contribution in [0.15, 0.2) is 54.0 Å². The maximum absolute atomic E-state index is 5.15. The largest absolute Gasteiger partial charge is 0.383 e. The first-order valence-corrected chi connectivity index (χ1v) is 7.87. The molecule has 1 aromatic heterocycles. The summed E-state index contributed by atoms with van der Waals surface area (Å²) in [5.74, 6) is 0. The normalized spacial score (nSPS) is 12.6. The first-order chi connectivity index (χ1) is 10.4. The van der Waals surface area contributed by atoms with Crippen LogP contribution in [-0.4, -0.2) is 25.2 Å². The van der Waals surface area contributed by atoms with Crippen molar-refractivity contribution in [3.05, 3.63) is 64.6 Å². The second-order valence-electron chi connectivity index (χ2n) is 4.82. The quantitative estimate of drug-likeness (QED) is 0.706. The molecule has 0 saturated carbocycles. The number of fused-ring (bicyclic) bond motifs is 1. The Bertz CT molecular complexity index is 692. The number of rotatable bonds is 6. The molecule has 0 aliphatic rings. The van der Waals surface area contributed by atoms with Crippen LogP contribution in [0, 0.1) is 0 Å². The Kier molecular flexibility index (Phi) is 4.60. The van der Waals surface area contributed by atoms with Gasteiger partial charge in [0.1, 0.15) is 5.01 Å². The summed E-state index contributed by atoms with van der Waals surface area (Å²) < 4.78 is 5.15. The molecule has 0 radical (unpaired) electrons. The summed E-state index contributed by atoms with van der Waals surface area (Å²) in [6.45, 7) is 1.48. The zero-order chi connectivity index (χ0) is 14.5. The van der Waals surface area contributed by atoms with Crippen molar-refractivity contribution < 1.29 is 4.74 Å². The molecule has 0 fully saturated rings. The second-order valence-corrected chi connectivity index (χ2v) is 5.74. The van der Waals surface area contributed by atoms with Gasteiger partial charge in [0.15, 0.2) is 0 Å². The number of benzene rings is 2. The van der Waals surface area contributed by atoms with E-state index >= 15 is 0 Å². The predicted octanol–water partition coefficient (Wildman–Crippen LogP) is 3.62. The molecule has 1 heterocycles. The van der Waals surface area contributed by atoms with Crippen LogP contribution in [0.4, 0.5) is 0 Å². The zero-order valence-electron chi connectivity index (χ0n) is 12.0. The Morgan fingerprint density at radius 2 is 2.05 bits per heavy atom. The lowest BCUT2D eigenvalue weighted by Crippen LogP contribution is -2.26. The average Bonchev–Trinajstić information content (AvgIpc) is 3.05. The molecule has 0 aliphatic heterocycles. The van der Waals surface area contributed by atoms with Gasteiger partial charge < -0.3 is 10.1 Å². The minimum absolute atomic E-state index is 0.103. The highest BCUT2D eigenvalue weighted by molar-refractivity contribution is 7.09. The summed E-state index contributed by atoms with van der Waals surface area (Å²) in [7, 11) is 1.72. The molecule has 3 aromatic rings. The summed E-state index contributed by atoms with van der Waals surface area (Å²) in [5.41, 5.74) is 1.26. The van der Waals surface area contributed by atoms with Crippen LogP contribution >= 0.6 is 11.3 Å². The first kappa shape index (κ1) is 14.2. The van der Waals surface area contributed by atoms with Crippen LogP contribution in [0.3, 0.4) is 0 Å². The lowest BCUT2D eigenvalue weighted by atomic mass is 9.99. The Balaban J connectivity index is 2.01. The summed E-state index contributed by atoms with van der Waals surface area (Å²) >= 11 is 1.68. The summed E-state index contributed by atoms with van der Waals surface area (Å²) in [6, 6.07) is 15.0. The standard InChI is InChI=1S/C17H18N2OS/c1-20-11-9-18-16(17-19-10-12-21-17)15-8-4-6-13-5-2-3-7-14(13)15/h2-8,10,12,16,18H,9,11H2,1H3. The minimum atomic E-state index is 0.103. The van der Waals surface area contributed by atoms with Crippen LogP contribution in [0.25, 0.3) is 10.8 Å². The topological polar surface area (TPSA) is 34.1 Å². The maximum atomic E-state index is 5.15. The first-order valence-electron chi connectivity index (χ1n) is 6.99. The number of hydrogen-bond donors (Lipinski definition) is 1. The molecule has 0 bridgehead atoms. The predicted molar refractivity (Wildman–Crippen MR) is 87.8 cm³/mol. The van der Waals surface area contributed by atoms with E-state index in [9.17, 15) is 0 Å². The molecular formula is C17H18N2OS. The molecular weight excluding hydrogens is 280 g/mol. The fraction of sp³-hybridized carbons (Fsp3) is 0.235. The molecule has 3 nitrogen and oxygen atoms in total. The van der Waals surface area contributed by atoms with Crippen molar-refractivity contribution >= 4 is 22.1 Å². The molecule has 1 unspecified atom stereocenters. The highest BCUT2D eigenvalue weighted by Gasteiger charge is 2.18. The molecule has 108 valence electrons. The van der Waals surface area contributed by atoms with Gasteiger partial charge in [-0.2, -0.15) is 0 Å². The SMILES string of the molecule is COCCNC(c1nccs1)c1cccc2ccccc12. The number of nitrogens with zero attached hydrogens (tertiary/aromatic N) is 1. The van der Waals surface area contributed by atoms with Crippen molar-refractivity contribution in [1.29, 1.82) is 0 Å². The Hall–Kier alpha value is -1.75. The molecule has 1 N–H and O–H groups in total. The van der Waals surface area contributed by atoms with E-state index in [4.69, 9.17) is 4.74 Å². The van der Waals surface area contributed by atoms with Crippen molar-refractivity contribution in [3.63, 3.8) is 0 Å². The number of aromatic nitrogens is 1. The molecule has 2 aromatic carbocycles. The lowest BCUT2D eigenvalue weighted by Gasteiger charge is -2.19. The smallest absolute Gasteiger partial charge is 0.114 e. The van der Waals surface area contributed by atoms with Gasteiger partial charge in [-0.3, -0.25) is 0 Å². The van der Waals surface area contributed by atoms with Crippen molar-refractivity contribution in [3.8, 4) is 0 Å². The van der Waals surface area contributed by atoms with Crippen LogP contribution in [-0.2, 0) is 4.74 Å². The Labute approximate surface area is 128 Å². The summed E-state index contributed by atoms with van der Waals surface area (Å²) in [4.78, 5) is 4.49. The van der Waals surface area contributed by atoms with Gasteiger partial charge in [0, 0.05) is 25.2 Å². The lowest BCUT2D eigenvalue weighted by molar-refractivity contribution is 0.197. The van der Waals surface area contributed by atoms with E-state index in [1.54, 1.807) is 18.4 Å². The van der Waals surface area contributed by atoms with E-state index in [0.29, 0.717) is 6.61 Å². The summed E-state index contributed by atoms with van der Waals surface area (Å²) in [6.07, 6.45) is 1.86. The van der Waals surface area contributed by atoms with Gasteiger partial charge >= 0.3 is 0 Å². The van der Waals surface area contributed by atoms with Crippen LogP contribution < -0.4 is 5.32 Å². The number of hydrogen-bond acceptors (Lipinski definition) is 4. The molecule has 0 aliphatic carbocycles. The minimum Gasteiger partial charge on any atom is -0.383 e. The maximum Gasteiger partial charge on any atom is 0.114 e. The molecule has 0 spiro atoms. The fourth-order valence-electron chi connectivity index (χ4n) is 2.51. The van der Waals surface area contributed by atoms with Gasteiger partial charge in [-0.15, -0.1) is 11.3 Å². The molecule has 1 atom stereocenters. The second kappa shape index (κ2) is 6.80. The van der Waals surface area contributed by atoms with Crippen molar-refractivity contribution in [2.45, 2.75) is 6.04 Å². The highest BCUT2D eigenvalue weighted by atomic mass is 32.1. The fourth-order valence-corrected chi connectivity index (χ4v) is 3.24. The number of ether oxygens (including phenoxy) is 1. The molecule has 4 heteroatoms. The average molecular weight is 298 g/mol. The van der Waals surface area contributed by atoms with Gasteiger partial charge in [0.2, 0.25) is 0 Å². The third kappa shape index (κ3) is 3.13. The van der Waals surface area contributed by atoms with Gasteiger partial charge in [-0.25, -0.2) is 4.98 Å². The van der Waals surface area contributed by atoms with Gasteiger partial charge in [0.25, 0.3) is 0 Å². The van der Waals surface area contributed by atoms with Crippen LogP contribution in [0.5, 0.6) is 0 Å². The number of thiazole rings is 1. The van der Waals surface area contributed by atoms with E-state index in [1.807, 2.05) is 11.6 Å². The molecule has 0 saturated heterocycles. The van der Waals surface area contributed by atoms with Crippen LogP contribution in [0.2, 0.25) is 0 Å². The Morgan fingerprint density at radius 3 is 2.86 bits per heavy atom. The van der Waals surface area contributed by atoms with E-state index < -0.39 is 0 Å². The zero-order valence-corrected chi connectivity index (χ0v) is 12.8. The summed E-state index contributed by atoms with van der Waals surface area (Å²) in [5, 5.41) is 9.18.